The molecule has 2 heterocycles. The average Bonchev–Trinajstić information content (AvgIpc) is 3.02. The molecule has 1 saturated carbocycles. The van der Waals surface area contributed by atoms with Crippen molar-refractivity contribution in [2.45, 2.75) is 24.7 Å². The van der Waals surface area contributed by atoms with Gasteiger partial charge in [0.05, 0.1) is 11.8 Å². The number of hydrogen-bond donors (Lipinski definition) is 1. The lowest BCUT2D eigenvalue weighted by Crippen LogP contribution is -2.13. The smallest absolute Gasteiger partial charge is 0.191 e. The van der Waals surface area contributed by atoms with Crippen molar-refractivity contribution < 1.29 is 14.3 Å². The van der Waals surface area contributed by atoms with Crippen molar-refractivity contribution in [3.63, 3.8) is 0 Å². The molecule has 98 valence electrons. The van der Waals surface area contributed by atoms with E-state index in [1.165, 1.54) is 12.4 Å². The minimum absolute atomic E-state index is 0.0337. The van der Waals surface area contributed by atoms with Crippen molar-refractivity contribution in [3.8, 4) is 0 Å². The normalized spacial score (nSPS) is 16.3. The lowest BCUT2D eigenvalue weighted by Gasteiger charge is -2.10. The van der Waals surface area contributed by atoms with Crippen LogP contribution in [0.2, 0.25) is 0 Å². The molecule has 0 unspecified atom stereocenters. The second-order valence-electron chi connectivity index (χ2n) is 4.90. The van der Waals surface area contributed by atoms with Crippen molar-refractivity contribution in [1.82, 2.24) is 9.97 Å². The van der Waals surface area contributed by atoms with Gasteiger partial charge in [-0.25, -0.2) is 9.97 Å². The van der Waals surface area contributed by atoms with Crippen LogP contribution in [0.1, 0.15) is 34.8 Å². The zero-order chi connectivity index (χ0) is 13.3. The monoisotopic (exact) mass is 258 g/mol. The molecular weight excluding hydrogens is 244 g/mol. The van der Waals surface area contributed by atoms with Crippen LogP contribution in [0.15, 0.2) is 35.2 Å². The van der Waals surface area contributed by atoms with Crippen LogP contribution in [0.4, 0.5) is 0 Å². The third-order valence-electron chi connectivity index (χ3n) is 3.56. The molecule has 0 atom stereocenters. The van der Waals surface area contributed by atoms with Gasteiger partial charge in [-0.15, -0.1) is 0 Å². The minimum Gasteiger partial charge on any atom is -0.469 e. The van der Waals surface area contributed by atoms with Crippen LogP contribution in [-0.4, -0.2) is 27.5 Å². The third-order valence-corrected chi connectivity index (χ3v) is 3.56. The van der Waals surface area contributed by atoms with Gasteiger partial charge in [-0.3, -0.25) is 4.79 Å². The molecule has 19 heavy (non-hydrogen) atoms. The van der Waals surface area contributed by atoms with E-state index >= 15 is 0 Å². The third kappa shape index (κ3) is 2.29. The van der Waals surface area contributed by atoms with Gasteiger partial charge < -0.3 is 9.52 Å². The van der Waals surface area contributed by atoms with E-state index < -0.39 is 6.61 Å². The van der Waals surface area contributed by atoms with E-state index in [0.717, 1.165) is 18.6 Å². The summed E-state index contributed by atoms with van der Waals surface area (Å²) in [5.41, 5.74) is 0.375. The Bertz CT molecular complexity index is 571. The number of carbonyl (C=O) groups is 1. The fourth-order valence-electron chi connectivity index (χ4n) is 2.23. The molecule has 3 rings (SSSR count). The fraction of sp³-hybridized carbons (Fsp3) is 0.357. The summed E-state index contributed by atoms with van der Waals surface area (Å²) in [6.45, 7) is -0.515. The highest BCUT2D eigenvalue weighted by atomic mass is 16.3. The fourth-order valence-corrected chi connectivity index (χ4v) is 2.23. The quantitative estimate of drug-likeness (QED) is 0.823. The summed E-state index contributed by atoms with van der Waals surface area (Å²) in [5, 5.41) is 8.76. The molecule has 0 aromatic carbocycles. The SMILES string of the molecule is O=C(CO)c1cnc(CC2(c3ccco3)CC2)nc1. The predicted octanol–water partition coefficient (Wildman–Crippen LogP) is 1.52. The first-order valence-corrected chi connectivity index (χ1v) is 6.22. The molecule has 5 nitrogen and oxygen atoms in total. The van der Waals surface area contributed by atoms with Gasteiger partial charge in [-0.05, 0) is 25.0 Å². The molecule has 2 aromatic rings. The van der Waals surface area contributed by atoms with E-state index in [4.69, 9.17) is 9.52 Å². The Morgan fingerprint density at radius 1 is 1.37 bits per heavy atom. The maximum absolute atomic E-state index is 11.3. The first kappa shape index (κ1) is 12.0. The van der Waals surface area contributed by atoms with E-state index in [9.17, 15) is 4.79 Å². The molecular formula is C14H14N2O3. The number of aromatic nitrogens is 2. The number of furan rings is 1. The van der Waals surface area contributed by atoms with Gasteiger partial charge in [0.2, 0.25) is 0 Å². The topological polar surface area (TPSA) is 76.2 Å². The molecule has 1 aliphatic rings. The molecule has 1 fully saturated rings. The Morgan fingerprint density at radius 3 is 2.63 bits per heavy atom. The van der Waals surface area contributed by atoms with E-state index in [1.54, 1.807) is 6.26 Å². The van der Waals surface area contributed by atoms with Crippen LogP contribution in [0, 0.1) is 0 Å². The van der Waals surface area contributed by atoms with Gasteiger partial charge in [0, 0.05) is 24.2 Å². The van der Waals surface area contributed by atoms with Crippen molar-refractivity contribution in [3.05, 3.63) is 47.9 Å². The highest BCUT2D eigenvalue weighted by Crippen LogP contribution is 2.50. The van der Waals surface area contributed by atoms with E-state index in [0.29, 0.717) is 17.8 Å². The van der Waals surface area contributed by atoms with Gasteiger partial charge in [0.15, 0.2) is 5.78 Å². The van der Waals surface area contributed by atoms with Gasteiger partial charge in [0.25, 0.3) is 0 Å². The lowest BCUT2D eigenvalue weighted by atomic mass is 9.99. The summed E-state index contributed by atoms with van der Waals surface area (Å²) >= 11 is 0. The van der Waals surface area contributed by atoms with Crippen LogP contribution in [-0.2, 0) is 11.8 Å². The number of nitrogens with zero attached hydrogens (tertiary/aromatic N) is 2. The zero-order valence-corrected chi connectivity index (χ0v) is 10.4. The maximum atomic E-state index is 11.3. The first-order chi connectivity index (χ1) is 9.23. The summed E-state index contributed by atoms with van der Waals surface area (Å²) in [6, 6.07) is 3.87. The molecule has 0 saturated heterocycles. The maximum Gasteiger partial charge on any atom is 0.191 e. The molecule has 5 heteroatoms. The van der Waals surface area contributed by atoms with E-state index in [-0.39, 0.29) is 11.2 Å². The second-order valence-corrected chi connectivity index (χ2v) is 4.90. The van der Waals surface area contributed by atoms with Gasteiger partial charge in [0.1, 0.15) is 18.2 Å². The van der Waals surface area contributed by atoms with E-state index in [1.807, 2.05) is 12.1 Å². The Labute approximate surface area is 110 Å². The van der Waals surface area contributed by atoms with Crippen molar-refractivity contribution in [2.75, 3.05) is 6.61 Å². The molecule has 0 aliphatic heterocycles. The first-order valence-electron chi connectivity index (χ1n) is 6.22. The number of aliphatic hydroxyl groups excluding tert-OH is 1. The van der Waals surface area contributed by atoms with Crippen LogP contribution in [0.25, 0.3) is 0 Å². The highest BCUT2D eigenvalue weighted by Gasteiger charge is 2.47. The van der Waals surface area contributed by atoms with Gasteiger partial charge in [-0.2, -0.15) is 0 Å². The molecule has 0 radical (unpaired) electrons. The van der Waals surface area contributed by atoms with Crippen LogP contribution in [0.3, 0.4) is 0 Å². The Kier molecular flexibility index (Phi) is 2.91. The zero-order valence-electron chi connectivity index (χ0n) is 10.4. The summed E-state index contributed by atoms with van der Waals surface area (Å²) in [4.78, 5) is 19.7. The largest absolute Gasteiger partial charge is 0.469 e. The Balaban J connectivity index is 1.76. The predicted molar refractivity (Wildman–Crippen MR) is 66.8 cm³/mol. The molecule has 0 amide bonds. The van der Waals surface area contributed by atoms with Crippen molar-refractivity contribution in [2.24, 2.45) is 0 Å². The summed E-state index contributed by atoms with van der Waals surface area (Å²) in [5.74, 6) is 1.31. The molecule has 0 bridgehead atoms. The molecule has 2 aromatic heterocycles. The summed E-state index contributed by atoms with van der Waals surface area (Å²) in [7, 11) is 0. The molecule has 1 N–H and O–H groups in total. The lowest BCUT2D eigenvalue weighted by molar-refractivity contribution is 0.0903. The van der Waals surface area contributed by atoms with Gasteiger partial charge in [-0.1, -0.05) is 0 Å². The number of ketones is 1. The Hall–Kier alpha value is -2.01. The summed E-state index contributed by atoms with van der Waals surface area (Å²) < 4.78 is 5.47. The number of carbonyl (C=O) groups excluding carboxylic acids is 1. The molecule has 0 spiro atoms. The number of aliphatic hydroxyl groups is 1. The van der Waals surface area contributed by atoms with Crippen molar-refractivity contribution in [1.29, 1.82) is 0 Å². The Morgan fingerprint density at radius 2 is 2.11 bits per heavy atom. The number of rotatable bonds is 5. The molecule has 1 aliphatic carbocycles. The van der Waals surface area contributed by atoms with Gasteiger partial charge >= 0.3 is 0 Å². The van der Waals surface area contributed by atoms with E-state index in [2.05, 4.69) is 9.97 Å². The van der Waals surface area contributed by atoms with Crippen LogP contribution < -0.4 is 0 Å². The highest BCUT2D eigenvalue weighted by molar-refractivity contribution is 5.96. The standard InChI is InChI=1S/C14H14N2O3/c17-9-11(18)10-7-15-13(16-8-10)6-14(3-4-14)12-2-1-5-19-12/h1-2,5,7-8,17H,3-4,6,9H2. The number of hydrogen-bond acceptors (Lipinski definition) is 5. The minimum atomic E-state index is -0.515. The van der Waals surface area contributed by atoms with Crippen LogP contribution >= 0.6 is 0 Å². The number of Topliss-reactive ketones (excluding diaryl/α,β-unsaturated/α-hetero) is 1. The summed E-state index contributed by atoms with van der Waals surface area (Å²) in [6.07, 6.45) is 7.48. The average molecular weight is 258 g/mol. The van der Waals surface area contributed by atoms with Crippen LogP contribution in [0.5, 0.6) is 0 Å². The second kappa shape index (κ2) is 4.59. The van der Waals surface area contributed by atoms with Crippen molar-refractivity contribution >= 4 is 5.78 Å².